The van der Waals surface area contributed by atoms with E-state index in [1.54, 1.807) is 25.1 Å². The Morgan fingerprint density at radius 1 is 1.10 bits per heavy atom. The van der Waals surface area contributed by atoms with Gasteiger partial charge in [0.2, 0.25) is 0 Å². The maximum absolute atomic E-state index is 12.0. The fourth-order valence-corrected chi connectivity index (χ4v) is 2.43. The van der Waals surface area contributed by atoms with Gasteiger partial charge < -0.3 is 10.6 Å². The number of rotatable bonds is 3. The highest BCUT2D eigenvalue weighted by molar-refractivity contribution is 9.10. The number of nitrogens with two attached hydrogens (primary N) is 1. The molecule has 0 bridgehead atoms. The van der Waals surface area contributed by atoms with Gasteiger partial charge >= 0.3 is 0 Å². The fourth-order valence-electron chi connectivity index (χ4n) is 2.02. The molecule has 4 heteroatoms. The monoisotopic (exact) mass is 332 g/mol. The zero-order valence-electron chi connectivity index (χ0n) is 11.5. The molecule has 3 nitrogen and oxygen atoms in total. The van der Waals surface area contributed by atoms with Crippen molar-refractivity contribution in [1.82, 2.24) is 4.90 Å². The lowest BCUT2D eigenvalue weighted by molar-refractivity contribution is 0.0827. The number of halogens is 1. The zero-order valence-corrected chi connectivity index (χ0v) is 13.1. The van der Waals surface area contributed by atoms with Crippen LogP contribution in [0.15, 0.2) is 53.0 Å². The Bertz CT molecular complexity index is 625. The van der Waals surface area contributed by atoms with Gasteiger partial charge in [-0.05, 0) is 35.4 Å². The molecule has 1 amide bonds. The molecule has 0 aliphatic rings. The van der Waals surface area contributed by atoms with Crippen LogP contribution in [0.25, 0.3) is 0 Å². The van der Waals surface area contributed by atoms with E-state index < -0.39 is 0 Å². The maximum Gasteiger partial charge on any atom is 0.253 e. The SMILES string of the molecule is CN(C)C(=O)c1cccc(C(N)c2cccc(Br)c2)c1. The number of amides is 1. The Morgan fingerprint density at radius 2 is 1.70 bits per heavy atom. The van der Waals surface area contributed by atoms with Gasteiger partial charge in [-0.3, -0.25) is 4.79 Å². The summed E-state index contributed by atoms with van der Waals surface area (Å²) in [7, 11) is 3.48. The summed E-state index contributed by atoms with van der Waals surface area (Å²) in [6, 6.07) is 15.1. The highest BCUT2D eigenvalue weighted by Crippen LogP contribution is 2.23. The molecule has 2 rings (SSSR count). The van der Waals surface area contributed by atoms with Crippen LogP contribution in [0.1, 0.15) is 27.5 Å². The quantitative estimate of drug-likeness (QED) is 0.938. The normalized spacial score (nSPS) is 12.0. The van der Waals surface area contributed by atoms with E-state index in [0.717, 1.165) is 15.6 Å². The molecule has 0 aromatic heterocycles. The summed E-state index contributed by atoms with van der Waals surface area (Å²) in [6.45, 7) is 0. The van der Waals surface area contributed by atoms with Crippen molar-refractivity contribution >= 4 is 21.8 Å². The first-order valence-corrected chi connectivity index (χ1v) is 7.11. The van der Waals surface area contributed by atoms with Crippen LogP contribution in [0.5, 0.6) is 0 Å². The average Bonchev–Trinajstić information content (AvgIpc) is 2.45. The molecule has 0 spiro atoms. The van der Waals surface area contributed by atoms with E-state index in [1.165, 1.54) is 0 Å². The van der Waals surface area contributed by atoms with Gasteiger partial charge in [-0.25, -0.2) is 0 Å². The van der Waals surface area contributed by atoms with Crippen molar-refractivity contribution in [3.05, 3.63) is 69.7 Å². The third-order valence-corrected chi connectivity index (χ3v) is 3.60. The lowest BCUT2D eigenvalue weighted by Crippen LogP contribution is -2.22. The minimum absolute atomic E-state index is 0.0201. The fraction of sp³-hybridized carbons (Fsp3) is 0.188. The van der Waals surface area contributed by atoms with Crippen molar-refractivity contribution in [2.24, 2.45) is 5.73 Å². The second kappa shape index (κ2) is 6.20. The minimum atomic E-state index is -0.248. The molecule has 0 aliphatic carbocycles. The second-order valence-electron chi connectivity index (χ2n) is 4.86. The van der Waals surface area contributed by atoms with Gasteiger partial charge in [0, 0.05) is 24.1 Å². The van der Waals surface area contributed by atoms with Gasteiger partial charge in [0.25, 0.3) is 5.91 Å². The predicted octanol–water partition coefficient (Wildman–Crippen LogP) is 3.20. The van der Waals surface area contributed by atoms with Crippen molar-refractivity contribution in [2.75, 3.05) is 14.1 Å². The smallest absolute Gasteiger partial charge is 0.253 e. The van der Waals surface area contributed by atoms with Crippen LogP contribution in [-0.2, 0) is 0 Å². The number of hydrogen-bond acceptors (Lipinski definition) is 2. The summed E-state index contributed by atoms with van der Waals surface area (Å²) in [5.74, 6) is -0.0201. The molecular formula is C16H17BrN2O. The van der Waals surface area contributed by atoms with Gasteiger partial charge in [0.05, 0.1) is 6.04 Å². The molecule has 1 atom stereocenters. The standard InChI is InChI=1S/C16H17BrN2O/c1-19(2)16(20)13-7-3-5-11(9-13)15(18)12-6-4-8-14(17)10-12/h3-10,15H,18H2,1-2H3. The summed E-state index contributed by atoms with van der Waals surface area (Å²) in [5, 5.41) is 0. The van der Waals surface area contributed by atoms with E-state index >= 15 is 0 Å². The molecule has 2 aromatic rings. The largest absolute Gasteiger partial charge is 0.345 e. The van der Waals surface area contributed by atoms with Gasteiger partial charge in [-0.2, -0.15) is 0 Å². The first-order valence-electron chi connectivity index (χ1n) is 6.31. The lowest BCUT2D eigenvalue weighted by Gasteiger charge is -2.15. The second-order valence-corrected chi connectivity index (χ2v) is 5.77. The highest BCUT2D eigenvalue weighted by Gasteiger charge is 2.13. The minimum Gasteiger partial charge on any atom is -0.345 e. The molecular weight excluding hydrogens is 316 g/mol. The molecule has 0 saturated heterocycles. The van der Waals surface area contributed by atoms with Gasteiger partial charge in [-0.15, -0.1) is 0 Å². The molecule has 2 N–H and O–H groups in total. The summed E-state index contributed by atoms with van der Waals surface area (Å²) in [5.41, 5.74) is 8.87. The Hall–Kier alpha value is -1.65. The van der Waals surface area contributed by atoms with Crippen LogP contribution < -0.4 is 5.73 Å². The van der Waals surface area contributed by atoms with Crippen LogP contribution in [0.3, 0.4) is 0 Å². The van der Waals surface area contributed by atoms with Crippen molar-refractivity contribution in [1.29, 1.82) is 0 Å². The van der Waals surface area contributed by atoms with E-state index in [9.17, 15) is 4.79 Å². The summed E-state index contributed by atoms with van der Waals surface area (Å²) in [6.07, 6.45) is 0. The van der Waals surface area contributed by atoms with E-state index in [4.69, 9.17) is 5.73 Å². The molecule has 104 valence electrons. The molecule has 0 aliphatic heterocycles. The number of hydrogen-bond donors (Lipinski definition) is 1. The average molecular weight is 333 g/mol. The van der Waals surface area contributed by atoms with Crippen LogP contribution in [-0.4, -0.2) is 24.9 Å². The van der Waals surface area contributed by atoms with Crippen molar-refractivity contribution in [3.8, 4) is 0 Å². The Balaban J connectivity index is 2.33. The number of carbonyl (C=O) groups is 1. The third kappa shape index (κ3) is 3.26. The van der Waals surface area contributed by atoms with Gasteiger partial charge in [0.15, 0.2) is 0 Å². The van der Waals surface area contributed by atoms with Crippen LogP contribution in [0, 0.1) is 0 Å². The molecule has 0 radical (unpaired) electrons. The van der Waals surface area contributed by atoms with Crippen molar-refractivity contribution < 1.29 is 4.79 Å². The molecule has 0 fully saturated rings. The first-order chi connectivity index (χ1) is 9.49. The van der Waals surface area contributed by atoms with Crippen LogP contribution in [0.4, 0.5) is 0 Å². The highest BCUT2D eigenvalue weighted by atomic mass is 79.9. The van der Waals surface area contributed by atoms with Crippen LogP contribution >= 0.6 is 15.9 Å². The molecule has 2 aromatic carbocycles. The van der Waals surface area contributed by atoms with E-state index in [1.807, 2.05) is 42.5 Å². The Labute approximate surface area is 127 Å². The number of benzene rings is 2. The topological polar surface area (TPSA) is 46.3 Å². The maximum atomic E-state index is 12.0. The summed E-state index contributed by atoms with van der Waals surface area (Å²) >= 11 is 3.44. The Kier molecular flexibility index (Phi) is 4.57. The van der Waals surface area contributed by atoms with Gasteiger partial charge in [-0.1, -0.05) is 40.2 Å². The van der Waals surface area contributed by atoms with Crippen molar-refractivity contribution in [2.45, 2.75) is 6.04 Å². The Morgan fingerprint density at radius 3 is 2.30 bits per heavy atom. The van der Waals surface area contributed by atoms with E-state index in [-0.39, 0.29) is 11.9 Å². The number of nitrogens with zero attached hydrogens (tertiary/aromatic N) is 1. The van der Waals surface area contributed by atoms with E-state index in [0.29, 0.717) is 5.56 Å². The van der Waals surface area contributed by atoms with E-state index in [2.05, 4.69) is 15.9 Å². The molecule has 0 heterocycles. The van der Waals surface area contributed by atoms with Crippen molar-refractivity contribution in [3.63, 3.8) is 0 Å². The molecule has 1 unspecified atom stereocenters. The molecule has 0 saturated carbocycles. The number of carbonyl (C=O) groups excluding carboxylic acids is 1. The molecule has 20 heavy (non-hydrogen) atoms. The van der Waals surface area contributed by atoms with Gasteiger partial charge in [0.1, 0.15) is 0 Å². The first kappa shape index (κ1) is 14.8. The lowest BCUT2D eigenvalue weighted by atomic mass is 9.98. The summed E-state index contributed by atoms with van der Waals surface area (Å²) < 4.78 is 0.992. The third-order valence-electron chi connectivity index (χ3n) is 3.11. The zero-order chi connectivity index (χ0) is 14.7. The summed E-state index contributed by atoms with van der Waals surface area (Å²) in [4.78, 5) is 13.5. The predicted molar refractivity (Wildman–Crippen MR) is 84.6 cm³/mol. The van der Waals surface area contributed by atoms with Crippen LogP contribution in [0.2, 0.25) is 0 Å².